The lowest BCUT2D eigenvalue weighted by Crippen LogP contribution is -2.51. The van der Waals surface area contributed by atoms with Gasteiger partial charge < -0.3 is 15.3 Å². The highest BCUT2D eigenvalue weighted by Gasteiger charge is 2.38. The summed E-state index contributed by atoms with van der Waals surface area (Å²) in [4.78, 5) is 24.3. The smallest absolute Gasteiger partial charge is 0.321 e. The van der Waals surface area contributed by atoms with Crippen molar-refractivity contribution in [1.29, 1.82) is 0 Å². The number of benzene rings is 1. The molecule has 1 aliphatic carbocycles. The second kappa shape index (κ2) is 11.7. The molecule has 4 atom stereocenters. The van der Waals surface area contributed by atoms with Crippen LogP contribution >= 0.6 is 23.2 Å². The maximum Gasteiger partial charge on any atom is 0.321 e. The summed E-state index contributed by atoms with van der Waals surface area (Å²) in [7, 11) is 0. The van der Waals surface area contributed by atoms with Crippen LogP contribution in [-0.2, 0) is 0 Å². The predicted octanol–water partition coefficient (Wildman–Crippen LogP) is 4.56. The highest BCUT2D eigenvalue weighted by atomic mass is 35.5. The van der Waals surface area contributed by atoms with Crippen molar-refractivity contribution in [2.45, 2.75) is 43.7 Å². The number of amides is 2. The molecule has 3 heterocycles. The maximum atomic E-state index is 12.7. The van der Waals surface area contributed by atoms with Gasteiger partial charge in [0.05, 0.1) is 16.1 Å². The van der Waals surface area contributed by atoms with Crippen molar-refractivity contribution >= 4 is 34.9 Å². The van der Waals surface area contributed by atoms with E-state index in [2.05, 4.69) is 32.2 Å². The molecular weight excluding hydrogens is 497 g/mol. The van der Waals surface area contributed by atoms with Gasteiger partial charge in [0.15, 0.2) is 0 Å². The molecule has 0 bridgehead atoms. The molecule has 2 aromatic rings. The standard InChI is InChI=1S/C27H35Cl2N5O2/c28-23-6-4-20(15-24(23)29)31-27(36)33-13-11-32(12-14-33)17-19-8-10-34(18-19)26-7-5-21(35)16-22(26)25-3-1-2-9-30-25/h1-4,6,9,15,19,21-22,26,35H,5,7-8,10-14,16-18H2,(H,31,36). The lowest BCUT2D eigenvalue weighted by molar-refractivity contribution is 0.0629. The number of carbonyl (C=O) groups excluding carboxylic acids is 1. The Kier molecular flexibility index (Phi) is 8.33. The first-order valence-corrected chi connectivity index (χ1v) is 13.8. The Bertz CT molecular complexity index is 1030. The second-order valence-electron chi connectivity index (χ2n) is 10.4. The number of nitrogens with one attached hydrogen (secondary N) is 1. The van der Waals surface area contributed by atoms with E-state index >= 15 is 0 Å². The van der Waals surface area contributed by atoms with E-state index in [1.807, 2.05) is 17.2 Å². The van der Waals surface area contributed by atoms with Crippen LogP contribution in [0, 0.1) is 5.92 Å². The summed E-state index contributed by atoms with van der Waals surface area (Å²) < 4.78 is 0. The number of likely N-dealkylation sites (tertiary alicyclic amines) is 1. The number of halogens is 2. The summed E-state index contributed by atoms with van der Waals surface area (Å²) in [6, 6.07) is 11.6. The van der Waals surface area contributed by atoms with E-state index in [9.17, 15) is 9.90 Å². The van der Waals surface area contributed by atoms with Gasteiger partial charge in [-0.1, -0.05) is 29.3 Å². The fraction of sp³-hybridized carbons (Fsp3) is 0.556. The minimum Gasteiger partial charge on any atom is -0.393 e. The van der Waals surface area contributed by atoms with Gasteiger partial charge >= 0.3 is 6.03 Å². The van der Waals surface area contributed by atoms with Crippen molar-refractivity contribution in [1.82, 2.24) is 19.7 Å². The molecule has 0 spiro atoms. The normalized spacial score (nSPS) is 27.8. The number of rotatable bonds is 5. The topological polar surface area (TPSA) is 71.9 Å². The lowest BCUT2D eigenvalue weighted by atomic mass is 9.80. The summed E-state index contributed by atoms with van der Waals surface area (Å²) in [5.41, 5.74) is 1.77. The monoisotopic (exact) mass is 531 g/mol. The molecule has 36 heavy (non-hydrogen) atoms. The SMILES string of the molecule is O=C(Nc1ccc(Cl)c(Cl)c1)N1CCN(CC2CCN(C3CCC(O)CC3c3ccccn3)C2)CC1. The number of urea groups is 1. The zero-order valence-corrected chi connectivity index (χ0v) is 22.0. The average molecular weight is 533 g/mol. The summed E-state index contributed by atoms with van der Waals surface area (Å²) >= 11 is 12.0. The molecule has 9 heteroatoms. The summed E-state index contributed by atoms with van der Waals surface area (Å²) in [6.45, 7) is 6.48. The molecule has 1 aromatic carbocycles. The van der Waals surface area contributed by atoms with Gasteiger partial charge in [-0.2, -0.15) is 0 Å². The van der Waals surface area contributed by atoms with E-state index in [0.29, 0.717) is 46.7 Å². The number of carbonyl (C=O) groups is 1. The molecule has 3 fully saturated rings. The number of hydrogen-bond donors (Lipinski definition) is 2. The predicted molar refractivity (Wildman–Crippen MR) is 144 cm³/mol. The van der Waals surface area contributed by atoms with Crippen molar-refractivity contribution in [2.75, 3.05) is 51.1 Å². The Balaban J connectivity index is 1.10. The fourth-order valence-electron chi connectivity index (χ4n) is 6.07. The van der Waals surface area contributed by atoms with Crippen molar-refractivity contribution in [2.24, 2.45) is 5.92 Å². The van der Waals surface area contributed by atoms with Gasteiger partial charge in [-0.05, 0) is 68.5 Å². The molecule has 7 nitrogen and oxygen atoms in total. The number of hydrogen-bond acceptors (Lipinski definition) is 5. The van der Waals surface area contributed by atoms with E-state index in [0.717, 1.165) is 57.7 Å². The van der Waals surface area contributed by atoms with Crippen LogP contribution in [0.15, 0.2) is 42.6 Å². The molecular formula is C27H35Cl2N5O2. The first kappa shape index (κ1) is 25.7. The van der Waals surface area contributed by atoms with Crippen LogP contribution in [0.4, 0.5) is 10.5 Å². The molecule has 4 unspecified atom stereocenters. The number of piperazine rings is 1. The van der Waals surface area contributed by atoms with Crippen molar-refractivity contribution < 1.29 is 9.90 Å². The number of anilines is 1. The molecule has 1 saturated carbocycles. The second-order valence-corrected chi connectivity index (χ2v) is 11.2. The molecule has 2 amide bonds. The highest BCUT2D eigenvalue weighted by Crippen LogP contribution is 2.37. The third kappa shape index (κ3) is 6.14. The summed E-state index contributed by atoms with van der Waals surface area (Å²) in [6.07, 6.45) is 5.55. The number of aliphatic hydroxyl groups is 1. The molecule has 2 N–H and O–H groups in total. The van der Waals surface area contributed by atoms with Gasteiger partial charge in [0.2, 0.25) is 0 Å². The van der Waals surface area contributed by atoms with Gasteiger partial charge in [0.1, 0.15) is 0 Å². The van der Waals surface area contributed by atoms with Crippen LogP contribution < -0.4 is 5.32 Å². The Morgan fingerprint density at radius 3 is 2.61 bits per heavy atom. The quantitative estimate of drug-likeness (QED) is 0.591. The van der Waals surface area contributed by atoms with Gasteiger partial charge in [-0.25, -0.2) is 4.79 Å². The van der Waals surface area contributed by atoms with Gasteiger partial charge in [-0.3, -0.25) is 14.8 Å². The van der Waals surface area contributed by atoms with Gasteiger partial charge in [-0.15, -0.1) is 0 Å². The first-order chi connectivity index (χ1) is 17.5. The van der Waals surface area contributed by atoms with E-state index in [-0.39, 0.29) is 12.1 Å². The first-order valence-electron chi connectivity index (χ1n) is 13.0. The van der Waals surface area contributed by atoms with Crippen LogP contribution in [0.5, 0.6) is 0 Å². The number of pyridine rings is 1. The molecule has 2 saturated heterocycles. The maximum absolute atomic E-state index is 12.7. The lowest BCUT2D eigenvalue weighted by Gasteiger charge is -2.40. The largest absolute Gasteiger partial charge is 0.393 e. The van der Waals surface area contributed by atoms with Gasteiger partial charge in [0, 0.05) is 68.8 Å². The van der Waals surface area contributed by atoms with Crippen molar-refractivity contribution in [3.05, 3.63) is 58.3 Å². The summed E-state index contributed by atoms with van der Waals surface area (Å²) in [5.74, 6) is 0.934. The Hall–Kier alpha value is -1.90. The van der Waals surface area contributed by atoms with Crippen LogP contribution in [-0.4, -0.2) is 88.8 Å². The Morgan fingerprint density at radius 1 is 1.03 bits per heavy atom. The average Bonchev–Trinajstić information content (AvgIpc) is 3.35. The Labute approximate surface area is 223 Å². The molecule has 194 valence electrons. The fourth-order valence-corrected chi connectivity index (χ4v) is 6.37. The zero-order valence-electron chi connectivity index (χ0n) is 20.5. The van der Waals surface area contributed by atoms with Crippen LogP contribution in [0.25, 0.3) is 0 Å². The zero-order chi connectivity index (χ0) is 25.1. The minimum absolute atomic E-state index is 0.0971. The molecule has 2 aliphatic heterocycles. The number of aliphatic hydroxyl groups excluding tert-OH is 1. The van der Waals surface area contributed by atoms with E-state index in [1.54, 1.807) is 18.2 Å². The van der Waals surface area contributed by atoms with Crippen molar-refractivity contribution in [3.63, 3.8) is 0 Å². The third-order valence-corrected chi connectivity index (χ3v) is 8.73. The molecule has 3 aliphatic rings. The highest BCUT2D eigenvalue weighted by molar-refractivity contribution is 6.42. The van der Waals surface area contributed by atoms with E-state index in [4.69, 9.17) is 23.2 Å². The van der Waals surface area contributed by atoms with Crippen LogP contribution in [0.3, 0.4) is 0 Å². The minimum atomic E-state index is -0.225. The van der Waals surface area contributed by atoms with Crippen LogP contribution in [0.1, 0.15) is 37.3 Å². The molecule has 1 aromatic heterocycles. The van der Waals surface area contributed by atoms with E-state index < -0.39 is 0 Å². The Morgan fingerprint density at radius 2 is 1.86 bits per heavy atom. The third-order valence-electron chi connectivity index (χ3n) is 7.99. The molecule has 5 rings (SSSR count). The summed E-state index contributed by atoms with van der Waals surface area (Å²) in [5, 5.41) is 14.2. The number of aromatic nitrogens is 1. The van der Waals surface area contributed by atoms with E-state index in [1.165, 1.54) is 6.42 Å². The van der Waals surface area contributed by atoms with Crippen molar-refractivity contribution in [3.8, 4) is 0 Å². The van der Waals surface area contributed by atoms with Crippen LogP contribution in [0.2, 0.25) is 10.0 Å². The van der Waals surface area contributed by atoms with Gasteiger partial charge in [0.25, 0.3) is 0 Å². The molecule has 0 radical (unpaired) electrons. The number of nitrogens with zero attached hydrogens (tertiary/aromatic N) is 4.